The summed E-state index contributed by atoms with van der Waals surface area (Å²) in [5.41, 5.74) is 7.43. The third kappa shape index (κ3) is 3.58. The molecule has 1 aliphatic rings. The summed E-state index contributed by atoms with van der Waals surface area (Å²) in [4.78, 5) is 0. The maximum atomic E-state index is 6.63. The van der Waals surface area contributed by atoms with Gasteiger partial charge in [-0.1, -0.05) is 25.1 Å². The third-order valence-corrected chi connectivity index (χ3v) is 4.71. The Morgan fingerprint density at radius 3 is 2.38 bits per heavy atom. The van der Waals surface area contributed by atoms with Crippen LogP contribution in [0.15, 0.2) is 24.3 Å². The highest BCUT2D eigenvalue weighted by atomic mass is 16.5. The van der Waals surface area contributed by atoms with Crippen LogP contribution in [0, 0.1) is 5.92 Å². The monoisotopic (exact) mass is 291 g/mol. The largest absolute Gasteiger partial charge is 0.491 e. The smallest absolute Gasteiger partial charge is 0.124 e. The first-order chi connectivity index (χ1) is 9.98. The summed E-state index contributed by atoms with van der Waals surface area (Å²) >= 11 is 0. The fraction of sp³-hybridized carbons (Fsp3) is 0.667. The molecule has 0 amide bonds. The molecular weight excluding hydrogens is 262 g/mol. The normalized spacial score (nSPS) is 27.6. The Kier molecular flexibility index (Phi) is 5.28. The number of hydrogen-bond donors (Lipinski definition) is 1. The minimum Gasteiger partial charge on any atom is -0.491 e. The van der Waals surface area contributed by atoms with Crippen LogP contribution in [-0.2, 0) is 4.74 Å². The fourth-order valence-electron chi connectivity index (χ4n) is 3.27. The van der Waals surface area contributed by atoms with E-state index in [9.17, 15) is 0 Å². The number of nitrogens with two attached hydrogens (primary N) is 1. The molecule has 0 heterocycles. The average Bonchev–Trinajstić information content (AvgIpc) is 2.48. The summed E-state index contributed by atoms with van der Waals surface area (Å²) in [5.74, 6) is 1.65. The van der Waals surface area contributed by atoms with Crippen molar-refractivity contribution >= 4 is 0 Å². The molecule has 3 nitrogen and oxygen atoms in total. The van der Waals surface area contributed by atoms with Crippen molar-refractivity contribution in [3.63, 3.8) is 0 Å². The van der Waals surface area contributed by atoms with Gasteiger partial charge in [-0.15, -0.1) is 0 Å². The van der Waals surface area contributed by atoms with Gasteiger partial charge in [0, 0.05) is 12.7 Å². The molecular formula is C18H29NO2. The topological polar surface area (TPSA) is 44.5 Å². The predicted molar refractivity (Wildman–Crippen MR) is 86.5 cm³/mol. The minimum absolute atomic E-state index is 0.142. The highest BCUT2D eigenvalue weighted by Gasteiger charge is 2.41. The van der Waals surface area contributed by atoms with Crippen LogP contribution in [0.4, 0.5) is 0 Å². The first kappa shape index (κ1) is 16.3. The Morgan fingerprint density at radius 2 is 1.81 bits per heavy atom. The summed E-state index contributed by atoms with van der Waals surface area (Å²) in [6.07, 6.45) is 4.52. The maximum Gasteiger partial charge on any atom is 0.124 e. The summed E-state index contributed by atoms with van der Waals surface area (Å²) in [5, 5.41) is 0. The Balaban J connectivity index is 2.27. The number of methoxy groups -OCH3 is 1. The second-order valence-electron chi connectivity index (χ2n) is 6.63. The molecule has 2 N–H and O–H groups in total. The van der Waals surface area contributed by atoms with Crippen LogP contribution >= 0.6 is 0 Å². The van der Waals surface area contributed by atoms with Gasteiger partial charge in [0.2, 0.25) is 0 Å². The molecule has 3 heteroatoms. The lowest BCUT2D eigenvalue weighted by Gasteiger charge is -2.43. The van der Waals surface area contributed by atoms with E-state index in [-0.39, 0.29) is 17.7 Å². The summed E-state index contributed by atoms with van der Waals surface area (Å²) in [6.45, 7) is 6.38. The number of hydrogen-bond acceptors (Lipinski definition) is 3. The number of rotatable bonds is 5. The molecule has 2 rings (SSSR count). The summed E-state index contributed by atoms with van der Waals surface area (Å²) < 4.78 is 11.9. The van der Waals surface area contributed by atoms with Crippen LogP contribution in [0.25, 0.3) is 0 Å². The van der Waals surface area contributed by atoms with Crippen molar-refractivity contribution in [1.29, 1.82) is 0 Å². The van der Waals surface area contributed by atoms with Crippen molar-refractivity contribution in [1.82, 2.24) is 0 Å². The van der Waals surface area contributed by atoms with E-state index in [1.165, 1.54) is 12.8 Å². The van der Waals surface area contributed by atoms with E-state index in [2.05, 4.69) is 13.0 Å². The van der Waals surface area contributed by atoms with E-state index in [1.54, 1.807) is 7.11 Å². The summed E-state index contributed by atoms with van der Waals surface area (Å²) in [7, 11) is 1.79. The molecule has 1 unspecified atom stereocenters. The first-order valence-corrected chi connectivity index (χ1v) is 8.05. The lowest BCUT2D eigenvalue weighted by Crippen LogP contribution is -2.45. The van der Waals surface area contributed by atoms with Crippen LogP contribution < -0.4 is 10.5 Å². The second-order valence-corrected chi connectivity index (χ2v) is 6.63. The molecule has 1 fully saturated rings. The lowest BCUT2D eigenvalue weighted by atomic mass is 9.73. The van der Waals surface area contributed by atoms with E-state index in [1.807, 2.05) is 32.0 Å². The zero-order valence-electron chi connectivity index (χ0n) is 13.8. The molecule has 1 aromatic carbocycles. The third-order valence-electron chi connectivity index (χ3n) is 4.71. The van der Waals surface area contributed by atoms with Crippen molar-refractivity contribution in [2.75, 3.05) is 7.11 Å². The molecule has 0 bridgehead atoms. The maximum absolute atomic E-state index is 6.63. The Morgan fingerprint density at radius 1 is 1.19 bits per heavy atom. The first-order valence-electron chi connectivity index (χ1n) is 8.05. The van der Waals surface area contributed by atoms with E-state index < -0.39 is 0 Å². The fourth-order valence-corrected chi connectivity index (χ4v) is 3.27. The predicted octanol–water partition coefficient (Wildman–Crippen LogP) is 4.07. The standard InChI is InChI=1S/C18H29NO2/c1-13(2)21-16-8-6-5-7-15(16)17(19)18(20-4)11-9-14(3)10-12-18/h5-8,13-14,17H,9-12,19H2,1-4H3. The Hall–Kier alpha value is -1.06. The van der Waals surface area contributed by atoms with Gasteiger partial charge in [-0.2, -0.15) is 0 Å². The molecule has 1 aliphatic carbocycles. The van der Waals surface area contributed by atoms with Crippen LogP contribution in [0.3, 0.4) is 0 Å². The van der Waals surface area contributed by atoms with E-state index in [0.29, 0.717) is 0 Å². The molecule has 1 saturated carbocycles. The SMILES string of the molecule is COC1(C(N)c2ccccc2OC(C)C)CCC(C)CC1. The average molecular weight is 291 g/mol. The van der Waals surface area contributed by atoms with Gasteiger partial charge in [0.25, 0.3) is 0 Å². The molecule has 0 radical (unpaired) electrons. The molecule has 0 spiro atoms. The molecule has 0 aromatic heterocycles. The number of ether oxygens (including phenoxy) is 2. The van der Waals surface area contributed by atoms with Crippen LogP contribution in [0.2, 0.25) is 0 Å². The van der Waals surface area contributed by atoms with Crippen molar-refractivity contribution in [3.8, 4) is 5.75 Å². The lowest BCUT2D eigenvalue weighted by molar-refractivity contribution is -0.0677. The van der Waals surface area contributed by atoms with Gasteiger partial charge >= 0.3 is 0 Å². The van der Waals surface area contributed by atoms with Gasteiger partial charge < -0.3 is 15.2 Å². The molecule has 21 heavy (non-hydrogen) atoms. The number of benzene rings is 1. The van der Waals surface area contributed by atoms with Gasteiger partial charge in [0.15, 0.2) is 0 Å². The van der Waals surface area contributed by atoms with Gasteiger partial charge in [-0.25, -0.2) is 0 Å². The van der Waals surface area contributed by atoms with Gasteiger partial charge in [-0.3, -0.25) is 0 Å². The zero-order chi connectivity index (χ0) is 15.5. The Labute approximate surface area is 128 Å². The molecule has 0 aliphatic heterocycles. The van der Waals surface area contributed by atoms with Gasteiger partial charge in [0.05, 0.1) is 17.7 Å². The zero-order valence-corrected chi connectivity index (χ0v) is 13.8. The van der Waals surface area contributed by atoms with E-state index in [0.717, 1.165) is 30.1 Å². The minimum atomic E-state index is -0.261. The van der Waals surface area contributed by atoms with Crippen molar-refractivity contribution in [2.24, 2.45) is 11.7 Å². The summed E-state index contributed by atoms with van der Waals surface area (Å²) in [6, 6.07) is 7.95. The Bertz CT molecular complexity index is 450. The number of para-hydroxylation sites is 1. The van der Waals surface area contributed by atoms with Crippen LogP contribution in [-0.4, -0.2) is 18.8 Å². The molecule has 1 atom stereocenters. The van der Waals surface area contributed by atoms with E-state index in [4.69, 9.17) is 15.2 Å². The van der Waals surface area contributed by atoms with Gasteiger partial charge in [0.1, 0.15) is 5.75 Å². The van der Waals surface area contributed by atoms with Crippen molar-refractivity contribution in [2.45, 2.75) is 64.2 Å². The van der Waals surface area contributed by atoms with E-state index >= 15 is 0 Å². The molecule has 0 saturated heterocycles. The van der Waals surface area contributed by atoms with Gasteiger partial charge in [-0.05, 0) is 51.5 Å². The quantitative estimate of drug-likeness (QED) is 0.889. The molecule has 118 valence electrons. The van der Waals surface area contributed by atoms with Crippen molar-refractivity contribution in [3.05, 3.63) is 29.8 Å². The van der Waals surface area contributed by atoms with Crippen molar-refractivity contribution < 1.29 is 9.47 Å². The highest BCUT2D eigenvalue weighted by Crippen LogP contribution is 2.43. The van der Waals surface area contributed by atoms with Crippen LogP contribution in [0.5, 0.6) is 5.75 Å². The van der Waals surface area contributed by atoms with Crippen LogP contribution in [0.1, 0.15) is 58.1 Å². The second kappa shape index (κ2) is 6.80. The highest BCUT2D eigenvalue weighted by molar-refractivity contribution is 5.37. The molecule has 1 aromatic rings.